The second kappa shape index (κ2) is 7.07. The molecule has 1 N–H and O–H groups in total. The van der Waals surface area contributed by atoms with E-state index in [4.69, 9.17) is 11.6 Å². The fraction of sp³-hybridized carbons (Fsp3) is 0.353. The molecule has 0 atom stereocenters. The molecule has 3 rings (SSSR count). The van der Waals surface area contributed by atoms with E-state index in [0.717, 1.165) is 18.2 Å². The highest BCUT2D eigenvalue weighted by atomic mass is 35.5. The largest absolute Gasteiger partial charge is 0.345 e. The number of alkyl halides is 2. The fourth-order valence-electron chi connectivity index (χ4n) is 3.06. The quantitative estimate of drug-likeness (QED) is 0.566. The zero-order valence-electron chi connectivity index (χ0n) is 14.5. The molecule has 2 aromatic rings. The molecule has 1 aliphatic rings. The summed E-state index contributed by atoms with van der Waals surface area (Å²) in [6, 6.07) is 2.84. The van der Waals surface area contributed by atoms with Gasteiger partial charge < -0.3 is 9.88 Å². The van der Waals surface area contributed by atoms with Gasteiger partial charge in [0, 0.05) is 37.8 Å². The molecule has 0 radical (unpaired) electrons. The molecule has 1 aromatic heterocycles. The van der Waals surface area contributed by atoms with Crippen LogP contribution in [0.2, 0.25) is 5.02 Å². The third-order valence-electron chi connectivity index (χ3n) is 4.44. The first-order valence-electron chi connectivity index (χ1n) is 8.11. The molecule has 0 unspecified atom stereocenters. The lowest BCUT2D eigenvalue weighted by Crippen LogP contribution is -2.39. The van der Waals surface area contributed by atoms with Gasteiger partial charge in [-0.15, -0.1) is 0 Å². The summed E-state index contributed by atoms with van der Waals surface area (Å²) in [5, 5.41) is 1.78. The van der Waals surface area contributed by atoms with Crippen molar-refractivity contribution in [2.24, 2.45) is 13.0 Å². The highest BCUT2D eigenvalue weighted by molar-refractivity contribution is 7.91. The Morgan fingerprint density at radius 2 is 1.93 bits per heavy atom. The number of nitrogens with zero attached hydrogens (tertiary/aromatic N) is 1. The molecule has 1 fully saturated rings. The first-order chi connectivity index (χ1) is 12.9. The minimum absolute atomic E-state index is 0.0710. The van der Waals surface area contributed by atoms with E-state index in [1.807, 2.05) is 0 Å². The summed E-state index contributed by atoms with van der Waals surface area (Å²) in [7, 11) is -2.44. The van der Waals surface area contributed by atoms with Gasteiger partial charge in [0.15, 0.2) is 21.5 Å². The van der Waals surface area contributed by atoms with Crippen molar-refractivity contribution in [2.75, 3.05) is 11.1 Å². The van der Waals surface area contributed by atoms with Crippen LogP contribution in [0.15, 0.2) is 29.3 Å². The number of aromatic nitrogens is 1. The molecule has 1 heterocycles. The van der Waals surface area contributed by atoms with Gasteiger partial charge in [-0.1, -0.05) is 11.6 Å². The number of halogens is 5. The number of benzene rings is 1. The van der Waals surface area contributed by atoms with E-state index in [-0.39, 0.29) is 16.3 Å². The van der Waals surface area contributed by atoms with E-state index in [2.05, 4.69) is 5.32 Å². The Morgan fingerprint density at radius 3 is 2.50 bits per heavy atom. The van der Waals surface area contributed by atoms with Gasteiger partial charge in [-0.05, 0) is 18.1 Å². The van der Waals surface area contributed by atoms with Crippen molar-refractivity contribution in [3.63, 3.8) is 0 Å². The Labute approximate surface area is 163 Å². The molecular weight excluding hydrogens is 424 g/mol. The van der Waals surface area contributed by atoms with Crippen molar-refractivity contribution in [3.05, 3.63) is 46.7 Å². The number of aryl methyl sites for hydroxylation is 1. The average molecular weight is 439 g/mol. The first-order valence-corrected chi connectivity index (χ1v) is 10.1. The van der Waals surface area contributed by atoms with Crippen LogP contribution in [-0.4, -0.2) is 30.6 Å². The van der Waals surface area contributed by atoms with E-state index in [9.17, 15) is 30.8 Å². The second-order valence-corrected chi connectivity index (χ2v) is 9.23. The van der Waals surface area contributed by atoms with Gasteiger partial charge in [0.25, 0.3) is 5.91 Å². The molecule has 0 aliphatic heterocycles. The summed E-state index contributed by atoms with van der Waals surface area (Å²) in [4.78, 5) is 12.2. The number of anilines is 1. The Kier molecular flexibility index (Phi) is 5.22. The Morgan fingerprint density at radius 1 is 1.29 bits per heavy atom. The molecule has 1 aliphatic carbocycles. The highest BCUT2D eigenvalue weighted by Crippen LogP contribution is 2.43. The number of hydrogen-bond donors (Lipinski definition) is 1. The summed E-state index contributed by atoms with van der Waals surface area (Å²) in [5.41, 5.74) is -0.186. The van der Waals surface area contributed by atoms with Crippen LogP contribution < -0.4 is 5.32 Å². The number of carbonyl (C=O) groups excluding carboxylic acids is 1. The zero-order chi connectivity index (χ0) is 20.9. The van der Waals surface area contributed by atoms with Crippen LogP contribution in [0, 0.1) is 17.6 Å². The van der Waals surface area contributed by atoms with Crippen LogP contribution in [0.5, 0.6) is 0 Å². The lowest BCUT2D eigenvalue weighted by atomic mass is 9.83. The fourth-order valence-corrected chi connectivity index (χ4v) is 4.93. The number of rotatable bonds is 5. The summed E-state index contributed by atoms with van der Waals surface area (Å²) in [6.45, 7) is 0. The maximum atomic E-state index is 13.4. The topological polar surface area (TPSA) is 68.2 Å². The minimum atomic E-state index is -3.86. The summed E-state index contributed by atoms with van der Waals surface area (Å²) in [6.07, 6.45) is 0.228. The predicted octanol–water partition coefficient (Wildman–Crippen LogP) is 4.03. The molecular formula is C17H15ClF4N2O3S. The van der Waals surface area contributed by atoms with E-state index < -0.39 is 62.8 Å². The highest BCUT2D eigenvalue weighted by Gasteiger charge is 2.47. The van der Waals surface area contributed by atoms with E-state index in [1.54, 1.807) is 0 Å². The van der Waals surface area contributed by atoms with Crippen molar-refractivity contribution >= 4 is 33.0 Å². The van der Waals surface area contributed by atoms with Crippen LogP contribution in [0.3, 0.4) is 0 Å². The lowest BCUT2D eigenvalue weighted by molar-refractivity contribution is -0.103. The van der Waals surface area contributed by atoms with E-state index >= 15 is 0 Å². The zero-order valence-corrected chi connectivity index (χ0v) is 16.1. The van der Waals surface area contributed by atoms with Gasteiger partial charge in [-0.2, -0.15) is 0 Å². The third kappa shape index (κ3) is 4.17. The molecule has 11 heteroatoms. The Balaban J connectivity index is 1.77. The maximum Gasteiger partial charge on any atom is 0.272 e. The predicted molar refractivity (Wildman–Crippen MR) is 94.5 cm³/mol. The van der Waals surface area contributed by atoms with Crippen LogP contribution >= 0.6 is 11.6 Å². The molecule has 1 amide bonds. The SMILES string of the molecule is Cn1cc(S(=O)(=O)CC2CC(F)(F)C2)cc1C(=O)Nc1cc(F)c(F)c(Cl)c1. The van der Waals surface area contributed by atoms with Gasteiger partial charge >= 0.3 is 0 Å². The minimum Gasteiger partial charge on any atom is -0.345 e. The number of sulfone groups is 1. The second-order valence-electron chi connectivity index (χ2n) is 6.79. The number of hydrogen-bond acceptors (Lipinski definition) is 3. The van der Waals surface area contributed by atoms with E-state index in [0.29, 0.717) is 0 Å². The van der Waals surface area contributed by atoms with Crippen molar-refractivity contribution < 1.29 is 30.8 Å². The van der Waals surface area contributed by atoms with Gasteiger partial charge in [0.1, 0.15) is 5.69 Å². The smallest absolute Gasteiger partial charge is 0.272 e. The first kappa shape index (κ1) is 20.7. The van der Waals surface area contributed by atoms with Crippen LogP contribution in [0.1, 0.15) is 23.3 Å². The molecule has 0 saturated heterocycles. The van der Waals surface area contributed by atoms with Gasteiger partial charge in [-0.3, -0.25) is 4.79 Å². The molecule has 5 nitrogen and oxygen atoms in total. The van der Waals surface area contributed by atoms with Gasteiger partial charge in [-0.25, -0.2) is 26.0 Å². The summed E-state index contributed by atoms with van der Waals surface area (Å²) < 4.78 is 78.5. The van der Waals surface area contributed by atoms with Crippen molar-refractivity contribution in [1.29, 1.82) is 0 Å². The van der Waals surface area contributed by atoms with Crippen molar-refractivity contribution in [1.82, 2.24) is 4.57 Å². The van der Waals surface area contributed by atoms with Crippen LogP contribution in [-0.2, 0) is 16.9 Å². The summed E-state index contributed by atoms with van der Waals surface area (Å²) >= 11 is 5.53. The van der Waals surface area contributed by atoms with Crippen LogP contribution in [0.4, 0.5) is 23.2 Å². The lowest BCUT2D eigenvalue weighted by Gasteiger charge is -2.34. The normalized spacial score (nSPS) is 16.6. The molecule has 0 bridgehead atoms. The molecule has 28 heavy (non-hydrogen) atoms. The Bertz CT molecular complexity index is 1020. The number of carbonyl (C=O) groups is 1. The Hall–Kier alpha value is -2.07. The molecule has 1 aromatic carbocycles. The molecule has 1 saturated carbocycles. The number of nitrogens with one attached hydrogen (secondary N) is 1. The van der Waals surface area contributed by atoms with Crippen LogP contribution in [0.25, 0.3) is 0 Å². The van der Waals surface area contributed by atoms with Crippen molar-refractivity contribution in [2.45, 2.75) is 23.7 Å². The molecule has 152 valence electrons. The summed E-state index contributed by atoms with van der Waals surface area (Å²) in [5.74, 6) is -7.19. The van der Waals surface area contributed by atoms with Crippen molar-refractivity contribution in [3.8, 4) is 0 Å². The maximum absolute atomic E-state index is 13.4. The third-order valence-corrected chi connectivity index (χ3v) is 6.57. The van der Waals surface area contributed by atoms with E-state index in [1.165, 1.54) is 17.8 Å². The molecule has 0 spiro atoms. The average Bonchev–Trinajstić information content (AvgIpc) is 2.93. The number of amides is 1. The van der Waals surface area contributed by atoms with Gasteiger partial charge in [0.05, 0.1) is 15.7 Å². The monoisotopic (exact) mass is 438 g/mol. The van der Waals surface area contributed by atoms with Gasteiger partial charge in [0.2, 0.25) is 5.92 Å². The standard InChI is InChI=1S/C17H15ClF4N2O3S/c1-24-7-11(28(26,27)8-9-5-17(21,22)6-9)4-14(24)16(25)23-10-2-12(18)15(20)13(19)3-10/h2-4,7,9H,5-6,8H2,1H3,(H,23,25).